The van der Waals surface area contributed by atoms with Crippen molar-refractivity contribution in [2.45, 2.75) is 25.8 Å². The first-order valence-corrected chi connectivity index (χ1v) is 12.2. The molecule has 2 N–H and O–H groups in total. The fraction of sp³-hybridized carbons (Fsp3) is 0.269. The Morgan fingerprint density at radius 3 is 2.34 bits per heavy atom. The van der Waals surface area contributed by atoms with Gasteiger partial charge in [0.15, 0.2) is 0 Å². The third kappa shape index (κ3) is 4.23. The third-order valence-corrected chi connectivity index (χ3v) is 7.50. The van der Waals surface area contributed by atoms with Crippen LogP contribution in [0.1, 0.15) is 44.8 Å². The lowest BCUT2D eigenvalue weighted by Crippen LogP contribution is -2.34. The Balaban J connectivity index is 1.35. The summed E-state index contributed by atoms with van der Waals surface area (Å²) in [6.07, 6.45) is -1.32. The number of benzene rings is 2. The van der Waals surface area contributed by atoms with Crippen molar-refractivity contribution in [1.82, 2.24) is 4.90 Å². The highest BCUT2D eigenvalue weighted by Gasteiger charge is 2.32. The van der Waals surface area contributed by atoms with E-state index in [1.54, 1.807) is 6.92 Å². The number of hydrogen-bond donors (Lipinski definition) is 2. The van der Waals surface area contributed by atoms with Crippen LogP contribution in [0.4, 0.5) is 14.6 Å². The summed E-state index contributed by atoms with van der Waals surface area (Å²) in [7, 11) is 0. The van der Waals surface area contributed by atoms with Crippen molar-refractivity contribution in [3.63, 3.8) is 0 Å². The molecule has 0 fully saturated rings. The van der Waals surface area contributed by atoms with Gasteiger partial charge in [-0.1, -0.05) is 48.5 Å². The van der Waals surface area contributed by atoms with Gasteiger partial charge in [0.25, 0.3) is 0 Å². The number of amides is 2. The number of esters is 1. The van der Waals surface area contributed by atoms with Crippen LogP contribution in [0.25, 0.3) is 11.1 Å². The second-order valence-electron chi connectivity index (χ2n) is 8.33. The Bertz CT molecular complexity index is 1270. The molecular formula is C26H24N2O6S. The molecule has 8 nitrogen and oxygen atoms in total. The molecule has 1 aliphatic heterocycles. The van der Waals surface area contributed by atoms with Gasteiger partial charge in [-0.3, -0.25) is 5.32 Å². The molecule has 0 bridgehead atoms. The normalized spacial score (nSPS) is 14.0. The molecule has 2 heterocycles. The second kappa shape index (κ2) is 9.42. The molecule has 0 saturated heterocycles. The van der Waals surface area contributed by atoms with Gasteiger partial charge in [0, 0.05) is 17.3 Å². The smallest absolute Gasteiger partial charge is 0.412 e. The maximum Gasteiger partial charge on any atom is 0.412 e. The number of fused-ring (bicyclic) bond motifs is 4. The Hall–Kier alpha value is -3.85. The number of carbonyl (C=O) groups is 3. The van der Waals surface area contributed by atoms with E-state index in [1.807, 2.05) is 36.4 Å². The number of anilines is 1. The Morgan fingerprint density at radius 1 is 1.06 bits per heavy atom. The Labute approximate surface area is 206 Å². The van der Waals surface area contributed by atoms with E-state index in [-0.39, 0.29) is 37.8 Å². The van der Waals surface area contributed by atoms with E-state index in [1.165, 1.54) is 16.2 Å². The minimum Gasteiger partial charge on any atom is -0.465 e. The number of nitrogens with one attached hydrogen (secondary N) is 1. The summed E-state index contributed by atoms with van der Waals surface area (Å²) in [5.41, 5.74) is 5.49. The van der Waals surface area contributed by atoms with Crippen LogP contribution in [0.3, 0.4) is 0 Å². The fourth-order valence-electron chi connectivity index (χ4n) is 4.80. The Morgan fingerprint density at radius 2 is 1.71 bits per heavy atom. The summed E-state index contributed by atoms with van der Waals surface area (Å²) in [6.45, 7) is 2.48. The molecule has 35 heavy (non-hydrogen) atoms. The van der Waals surface area contributed by atoms with Crippen LogP contribution < -0.4 is 5.32 Å². The number of rotatable bonds is 5. The maximum atomic E-state index is 12.8. The monoisotopic (exact) mass is 492 g/mol. The number of thiophene rings is 1. The van der Waals surface area contributed by atoms with Crippen LogP contribution in [0.5, 0.6) is 0 Å². The van der Waals surface area contributed by atoms with Crippen molar-refractivity contribution in [2.24, 2.45) is 0 Å². The van der Waals surface area contributed by atoms with E-state index < -0.39 is 18.2 Å². The van der Waals surface area contributed by atoms with E-state index in [9.17, 15) is 19.5 Å². The van der Waals surface area contributed by atoms with Gasteiger partial charge in [-0.2, -0.15) is 0 Å². The van der Waals surface area contributed by atoms with E-state index in [0.29, 0.717) is 11.4 Å². The summed E-state index contributed by atoms with van der Waals surface area (Å²) in [5.74, 6) is -0.624. The zero-order valence-corrected chi connectivity index (χ0v) is 19.9. The van der Waals surface area contributed by atoms with Gasteiger partial charge in [-0.25, -0.2) is 14.4 Å². The number of ether oxygens (including phenoxy) is 2. The first kappa shape index (κ1) is 22.9. The van der Waals surface area contributed by atoms with Crippen molar-refractivity contribution in [3.05, 3.63) is 75.7 Å². The van der Waals surface area contributed by atoms with Gasteiger partial charge in [0.2, 0.25) is 0 Å². The van der Waals surface area contributed by atoms with E-state index in [4.69, 9.17) is 9.47 Å². The molecule has 1 aliphatic carbocycles. The summed E-state index contributed by atoms with van der Waals surface area (Å²) >= 11 is 1.18. The quantitative estimate of drug-likeness (QED) is 0.467. The number of carboxylic acid groups (broad SMARTS) is 1. The van der Waals surface area contributed by atoms with Crippen molar-refractivity contribution in [1.29, 1.82) is 0 Å². The molecule has 0 atom stereocenters. The van der Waals surface area contributed by atoms with Crippen LogP contribution in [0.15, 0.2) is 48.5 Å². The summed E-state index contributed by atoms with van der Waals surface area (Å²) < 4.78 is 10.8. The first-order valence-electron chi connectivity index (χ1n) is 11.4. The highest BCUT2D eigenvalue weighted by Crippen LogP contribution is 2.44. The number of nitrogens with zero attached hydrogens (tertiary/aromatic N) is 1. The summed E-state index contributed by atoms with van der Waals surface area (Å²) in [6, 6.07) is 16.1. The van der Waals surface area contributed by atoms with E-state index in [0.717, 1.165) is 32.7 Å². The molecule has 0 saturated carbocycles. The van der Waals surface area contributed by atoms with Gasteiger partial charge in [-0.15, -0.1) is 11.3 Å². The predicted molar refractivity (Wildman–Crippen MR) is 131 cm³/mol. The predicted octanol–water partition coefficient (Wildman–Crippen LogP) is 5.32. The maximum absolute atomic E-state index is 12.8. The first-order chi connectivity index (χ1) is 17.0. The molecule has 5 rings (SSSR count). The van der Waals surface area contributed by atoms with Gasteiger partial charge in [0.1, 0.15) is 11.6 Å². The standard InChI is InChI=1S/C26H24N2O6S/c1-2-33-24(29)22-19-11-12-28(26(31)32)13-21(19)35-23(22)27-25(30)34-14-20-17-9-5-3-7-15(17)16-8-4-6-10-18(16)20/h3-10,20H,2,11-14H2,1H3,(H,27,30)(H,31,32). The highest BCUT2D eigenvalue weighted by atomic mass is 32.1. The lowest BCUT2D eigenvalue weighted by atomic mass is 9.98. The van der Waals surface area contributed by atoms with Crippen LogP contribution >= 0.6 is 11.3 Å². The Kier molecular flexibility index (Phi) is 6.17. The van der Waals surface area contributed by atoms with E-state index in [2.05, 4.69) is 17.4 Å². The number of carbonyl (C=O) groups excluding carboxylic acids is 2. The van der Waals surface area contributed by atoms with E-state index >= 15 is 0 Å². The van der Waals surface area contributed by atoms with Gasteiger partial charge in [0.05, 0.1) is 18.7 Å². The lowest BCUT2D eigenvalue weighted by molar-refractivity contribution is 0.0526. The minimum absolute atomic E-state index is 0.0849. The molecule has 2 amide bonds. The molecule has 180 valence electrons. The molecule has 0 unspecified atom stereocenters. The largest absolute Gasteiger partial charge is 0.465 e. The van der Waals surface area contributed by atoms with Crippen molar-refractivity contribution in [2.75, 3.05) is 25.1 Å². The third-order valence-electron chi connectivity index (χ3n) is 6.37. The zero-order chi connectivity index (χ0) is 24.5. The van der Waals surface area contributed by atoms with Crippen molar-refractivity contribution < 1.29 is 29.0 Å². The van der Waals surface area contributed by atoms with Gasteiger partial charge in [-0.05, 0) is 41.2 Å². The molecule has 1 aromatic heterocycles. The summed E-state index contributed by atoms with van der Waals surface area (Å²) in [4.78, 5) is 38.9. The van der Waals surface area contributed by atoms with Crippen LogP contribution in [0, 0.1) is 0 Å². The van der Waals surface area contributed by atoms with Crippen LogP contribution in [0.2, 0.25) is 0 Å². The highest BCUT2D eigenvalue weighted by molar-refractivity contribution is 7.17. The molecular weight excluding hydrogens is 468 g/mol. The van der Waals surface area contributed by atoms with Gasteiger partial charge >= 0.3 is 18.2 Å². The van der Waals surface area contributed by atoms with Gasteiger partial charge < -0.3 is 19.5 Å². The zero-order valence-electron chi connectivity index (χ0n) is 19.1. The molecule has 0 radical (unpaired) electrons. The molecule has 2 aromatic carbocycles. The van der Waals surface area contributed by atoms with Crippen molar-refractivity contribution >= 4 is 34.5 Å². The van der Waals surface area contributed by atoms with Crippen LogP contribution in [-0.4, -0.2) is 47.9 Å². The lowest BCUT2D eigenvalue weighted by Gasteiger charge is -2.24. The molecule has 2 aliphatic rings. The van der Waals surface area contributed by atoms with Crippen LogP contribution in [-0.2, 0) is 22.4 Å². The minimum atomic E-state index is -1.02. The SMILES string of the molecule is CCOC(=O)c1c(NC(=O)OCC2c3ccccc3-c3ccccc32)sc2c1CCN(C(=O)O)C2. The fourth-order valence-corrected chi connectivity index (χ4v) is 6.04. The molecule has 9 heteroatoms. The summed E-state index contributed by atoms with van der Waals surface area (Å²) in [5, 5.41) is 12.4. The average molecular weight is 493 g/mol. The average Bonchev–Trinajstić information content (AvgIpc) is 3.37. The topological polar surface area (TPSA) is 105 Å². The molecule has 0 spiro atoms. The van der Waals surface area contributed by atoms with Crippen molar-refractivity contribution in [3.8, 4) is 11.1 Å². The number of hydrogen-bond acceptors (Lipinski definition) is 6. The molecule has 3 aromatic rings. The second-order valence-corrected chi connectivity index (χ2v) is 9.44.